The van der Waals surface area contributed by atoms with Gasteiger partial charge in [0.15, 0.2) is 0 Å². The Morgan fingerprint density at radius 1 is 1.27 bits per heavy atom. The number of amides is 1. The van der Waals surface area contributed by atoms with E-state index in [0.717, 1.165) is 22.2 Å². The summed E-state index contributed by atoms with van der Waals surface area (Å²) in [5.41, 5.74) is 3.97. The average Bonchev–Trinajstić information content (AvgIpc) is 3.06. The fraction of sp³-hybridized carbons (Fsp3) is 0.200. The predicted octanol–water partition coefficient (Wildman–Crippen LogP) is 3.04. The molecule has 0 radical (unpaired) electrons. The minimum Gasteiger partial charge on any atom is -0.465 e. The monoisotopic (exact) mass is 348 g/mol. The summed E-state index contributed by atoms with van der Waals surface area (Å²) in [5.74, 6) is 0.217. The van der Waals surface area contributed by atoms with Crippen molar-refractivity contribution >= 4 is 22.8 Å². The lowest BCUT2D eigenvalue weighted by Crippen LogP contribution is -2.45. The molecule has 1 N–H and O–H groups in total. The largest absolute Gasteiger partial charge is 0.465 e. The zero-order valence-electron chi connectivity index (χ0n) is 14.1. The Bertz CT molecular complexity index is 1070. The highest BCUT2D eigenvalue weighted by atomic mass is 16.5. The van der Waals surface area contributed by atoms with E-state index in [2.05, 4.69) is 4.98 Å². The Morgan fingerprint density at radius 2 is 2.12 bits per heavy atom. The number of hydrogen-bond donors (Lipinski definition) is 1. The van der Waals surface area contributed by atoms with E-state index in [1.807, 2.05) is 30.3 Å². The number of carbonyl (C=O) groups excluding carboxylic acids is 2. The van der Waals surface area contributed by atoms with E-state index in [-0.39, 0.29) is 11.9 Å². The number of para-hydroxylation sites is 1. The van der Waals surface area contributed by atoms with Gasteiger partial charge in [0.1, 0.15) is 5.75 Å². The van der Waals surface area contributed by atoms with Gasteiger partial charge in [-0.05, 0) is 42.3 Å². The van der Waals surface area contributed by atoms with Gasteiger partial charge in [0.2, 0.25) is 6.23 Å². The molecule has 26 heavy (non-hydrogen) atoms. The second-order valence-electron chi connectivity index (χ2n) is 6.48. The van der Waals surface area contributed by atoms with Crippen molar-refractivity contribution in [1.82, 2.24) is 9.88 Å². The molecule has 1 unspecified atom stereocenters. The molecular weight excluding hydrogens is 332 g/mol. The van der Waals surface area contributed by atoms with E-state index in [0.29, 0.717) is 29.8 Å². The maximum Gasteiger partial charge on any atom is 0.337 e. The summed E-state index contributed by atoms with van der Waals surface area (Å²) in [6.07, 6.45) is 0.225. The van der Waals surface area contributed by atoms with Crippen LogP contribution in [0, 0.1) is 0 Å². The second kappa shape index (κ2) is 5.36. The van der Waals surface area contributed by atoms with Crippen LogP contribution in [0.4, 0.5) is 0 Å². The molecule has 3 aromatic rings. The van der Waals surface area contributed by atoms with Crippen LogP contribution in [-0.2, 0) is 11.2 Å². The molecule has 2 aliphatic rings. The van der Waals surface area contributed by atoms with Gasteiger partial charge in [-0.2, -0.15) is 0 Å². The number of aromatic nitrogens is 1. The highest BCUT2D eigenvalue weighted by Gasteiger charge is 2.39. The lowest BCUT2D eigenvalue weighted by Gasteiger charge is -2.39. The van der Waals surface area contributed by atoms with Crippen LogP contribution < -0.4 is 4.74 Å². The number of H-pyrrole nitrogens is 1. The number of benzene rings is 2. The molecule has 3 heterocycles. The van der Waals surface area contributed by atoms with E-state index in [1.165, 1.54) is 7.11 Å². The minimum absolute atomic E-state index is 0.0172. The van der Waals surface area contributed by atoms with Gasteiger partial charge < -0.3 is 14.5 Å². The zero-order valence-corrected chi connectivity index (χ0v) is 14.1. The maximum absolute atomic E-state index is 12.8. The van der Waals surface area contributed by atoms with E-state index < -0.39 is 6.23 Å². The molecule has 1 amide bonds. The summed E-state index contributed by atoms with van der Waals surface area (Å²) in [6, 6.07) is 12.7. The standard InChI is InChI=1S/C20H16N2O4/c1-25-20(24)11-6-7-15-14(10-11)12-8-9-22-18(23)13-4-2-3-5-16(13)26-19(22)17(12)21-15/h2-7,10,19,21H,8-9H2,1H3. The van der Waals surface area contributed by atoms with Crippen LogP contribution >= 0.6 is 0 Å². The topological polar surface area (TPSA) is 71.6 Å². The number of ether oxygens (including phenoxy) is 2. The number of esters is 1. The third kappa shape index (κ3) is 1.98. The van der Waals surface area contributed by atoms with Crippen LogP contribution in [0.15, 0.2) is 42.5 Å². The zero-order chi connectivity index (χ0) is 17.8. The Balaban J connectivity index is 1.64. The molecule has 0 bridgehead atoms. The van der Waals surface area contributed by atoms with Gasteiger partial charge in [0.25, 0.3) is 5.91 Å². The van der Waals surface area contributed by atoms with Gasteiger partial charge in [0, 0.05) is 17.4 Å². The van der Waals surface area contributed by atoms with Gasteiger partial charge in [-0.1, -0.05) is 12.1 Å². The highest BCUT2D eigenvalue weighted by molar-refractivity contribution is 5.99. The Labute approximate surface area is 149 Å². The van der Waals surface area contributed by atoms with Crippen molar-refractivity contribution in [2.24, 2.45) is 0 Å². The molecule has 2 aliphatic heterocycles. The molecule has 6 nitrogen and oxygen atoms in total. The number of hydrogen-bond acceptors (Lipinski definition) is 4. The van der Waals surface area contributed by atoms with Gasteiger partial charge >= 0.3 is 5.97 Å². The van der Waals surface area contributed by atoms with Crippen LogP contribution in [-0.4, -0.2) is 35.4 Å². The van der Waals surface area contributed by atoms with E-state index in [9.17, 15) is 9.59 Å². The predicted molar refractivity (Wildman–Crippen MR) is 94.2 cm³/mol. The van der Waals surface area contributed by atoms with Crippen LogP contribution in [0.2, 0.25) is 0 Å². The Hall–Kier alpha value is -3.28. The molecule has 6 heteroatoms. The smallest absolute Gasteiger partial charge is 0.337 e. The summed E-state index contributed by atoms with van der Waals surface area (Å²) in [7, 11) is 1.37. The number of methoxy groups -OCH3 is 1. The number of rotatable bonds is 1. The minimum atomic E-state index is -0.477. The summed E-state index contributed by atoms with van der Waals surface area (Å²) in [4.78, 5) is 29.8. The van der Waals surface area contributed by atoms with Gasteiger partial charge in [-0.3, -0.25) is 9.69 Å². The van der Waals surface area contributed by atoms with Crippen LogP contribution in [0.5, 0.6) is 5.75 Å². The van der Waals surface area contributed by atoms with Crippen molar-refractivity contribution in [2.45, 2.75) is 12.6 Å². The number of aromatic amines is 1. The van der Waals surface area contributed by atoms with Crippen molar-refractivity contribution < 1.29 is 19.1 Å². The number of nitrogens with one attached hydrogen (secondary N) is 1. The fourth-order valence-corrected chi connectivity index (χ4v) is 3.85. The summed E-state index contributed by atoms with van der Waals surface area (Å²) in [5, 5.41) is 0.970. The van der Waals surface area contributed by atoms with Crippen molar-refractivity contribution in [1.29, 1.82) is 0 Å². The molecule has 0 fully saturated rings. The first kappa shape index (κ1) is 15.0. The van der Waals surface area contributed by atoms with Crippen LogP contribution in [0.25, 0.3) is 10.9 Å². The molecule has 0 aliphatic carbocycles. The number of fused-ring (bicyclic) bond motifs is 6. The van der Waals surface area contributed by atoms with Crippen molar-refractivity contribution in [2.75, 3.05) is 13.7 Å². The first-order chi connectivity index (χ1) is 12.7. The molecule has 2 aromatic carbocycles. The van der Waals surface area contributed by atoms with Crippen molar-refractivity contribution in [3.8, 4) is 5.75 Å². The first-order valence-corrected chi connectivity index (χ1v) is 8.47. The normalized spacial score (nSPS) is 18.0. The van der Waals surface area contributed by atoms with Crippen LogP contribution in [0.3, 0.4) is 0 Å². The Morgan fingerprint density at radius 3 is 2.96 bits per heavy atom. The van der Waals surface area contributed by atoms with E-state index in [4.69, 9.17) is 9.47 Å². The SMILES string of the molecule is COC(=O)c1ccc2[nH]c3c(c2c1)CCN1C(=O)c2ccccc2OC31. The third-order valence-corrected chi connectivity index (χ3v) is 5.11. The summed E-state index contributed by atoms with van der Waals surface area (Å²) < 4.78 is 11.0. The fourth-order valence-electron chi connectivity index (χ4n) is 3.85. The van der Waals surface area contributed by atoms with Gasteiger partial charge in [-0.25, -0.2) is 4.79 Å². The lowest BCUT2D eigenvalue weighted by atomic mass is 9.99. The van der Waals surface area contributed by atoms with E-state index in [1.54, 1.807) is 17.0 Å². The van der Waals surface area contributed by atoms with E-state index >= 15 is 0 Å². The van der Waals surface area contributed by atoms with Crippen LogP contribution in [0.1, 0.15) is 38.2 Å². The summed E-state index contributed by atoms with van der Waals surface area (Å²) in [6.45, 7) is 0.570. The van der Waals surface area contributed by atoms with Gasteiger partial charge in [-0.15, -0.1) is 0 Å². The molecule has 0 saturated carbocycles. The number of carbonyl (C=O) groups is 2. The molecule has 1 aromatic heterocycles. The number of nitrogens with zero attached hydrogens (tertiary/aromatic N) is 1. The lowest BCUT2D eigenvalue weighted by molar-refractivity contribution is 0.00202. The quantitative estimate of drug-likeness (QED) is 0.686. The average molecular weight is 348 g/mol. The Kier molecular flexibility index (Phi) is 3.09. The summed E-state index contributed by atoms with van der Waals surface area (Å²) >= 11 is 0. The van der Waals surface area contributed by atoms with Gasteiger partial charge in [0.05, 0.1) is 23.9 Å². The molecule has 1 atom stereocenters. The molecule has 0 saturated heterocycles. The third-order valence-electron chi connectivity index (χ3n) is 5.11. The molecule has 5 rings (SSSR count). The van der Waals surface area contributed by atoms with Crippen molar-refractivity contribution in [3.05, 3.63) is 64.8 Å². The molecule has 0 spiro atoms. The highest BCUT2D eigenvalue weighted by Crippen LogP contribution is 2.41. The first-order valence-electron chi connectivity index (χ1n) is 8.47. The molecule has 130 valence electrons. The molecular formula is C20H16N2O4. The maximum atomic E-state index is 12.8. The second-order valence-corrected chi connectivity index (χ2v) is 6.48. The van der Waals surface area contributed by atoms with Crippen molar-refractivity contribution in [3.63, 3.8) is 0 Å².